The highest BCUT2D eigenvalue weighted by atomic mass is 16.7. The van der Waals surface area contributed by atoms with Gasteiger partial charge in [-0.25, -0.2) is 19.2 Å². The monoisotopic (exact) mass is 909 g/mol. The third-order valence-electron chi connectivity index (χ3n) is 13.7. The van der Waals surface area contributed by atoms with Crippen molar-refractivity contribution >= 4 is 35.9 Å². The van der Waals surface area contributed by atoms with Crippen molar-refractivity contribution in [2.75, 3.05) is 6.61 Å². The first-order valence-corrected chi connectivity index (χ1v) is 22.3. The number of nitrogens with one attached hydrogen (secondary N) is 1. The molecule has 11 atom stereocenters. The van der Waals surface area contributed by atoms with Gasteiger partial charge in [-0.05, 0) is 76.3 Å². The van der Waals surface area contributed by atoms with Crippen LogP contribution in [0.15, 0.2) is 102 Å². The largest absolute Gasteiger partial charge is 0.509 e. The van der Waals surface area contributed by atoms with Crippen molar-refractivity contribution in [2.45, 2.75) is 129 Å². The molecule has 15 nitrogen and oxygen atoms in total. The van der Waals surface area contributed by atoms with Gasteiger partial charge in [0.1, 0.15) is 42.3 Å². The van der Waals surface area contributed by atoms with Crippen LogP contribution in [0.3, 0.4) is 0 Å². The van der Waals surface area contributed by atoms with Crippen LogP contribution in [0.5, 0.6) is 0 Å². The maximum absolute atomic E-state index is 15.2. The number of aliphatic hydroxyl groups excluding tert-OH is 1. The number of benzene rings is 3. The number of ether oxygens (including phenoxy) is 7. The second-order valence-corrected chi connectivity index (χ2v) is 19.4. The zero-order valence-corrected chi connectivity index (χ0v) is 38.6. The van der Waals surface area contributed by atoms with E-state index in [-0.39, 0.29) is 43.8 Å². The smallest absolute Gasteiger partial charge is 0.458 e. The number of hydrogen-bond donors (Lipinski definition) is 2. The zero-order chi connectivity index (χ0) is 47.8. The molecule has 0 spiro atoms. The van der Waals surface area contributed by atoms with E-state index in [1.807, 2.05) is 6.92 Å². The lowest BCUT2D eigenvalue weighted by Crippen LogP contribution is -2.79. The number of esters is 3. The molecule has 66 heavy (non-hydrogen) atoms. The summed E-state index contributed by atoms with van der Waals surface area (Å²) in [6.07, 6.45) is -8.30. The van der Waals surface area contributed by atoms with Crippen molar-refractivity contribution in [3.05, 3.63) is 119 Å². The molecule has 2 saturated carbocycles. The first kappa shape index (κ1) is 47.9. The molecule has 0 aromatic heterocycles. The van der Waals surface area contributed by atoms with E-state index < -0.39 is 101 Å². The maximum Gasteiger partial charge on any atom is 0.509 e. The fourth-order valence-electron chi connectivity index (χ4n) is 10.4. The molecule has 1 saturated heterocycles. The Balaban J connectivity index is 1.31. The molecule has 3 fully saturated rings. The van der Waals surface area contributed by atoms with Crippen LogP contribution in [-0.2, 0) is 54.1 Å². The molecular formula is C51H59NO14. The van der Waals surface area contributed by atoms with Gasteiger partial charge in [0.2, 0.25) is 6.10 Å². The molecule has 4 aliphatic rings. The number of carbonyl (C=O) groups is 6. The van der Waals surface area contributed by atoms with E-state index in [9.17, 15) is 29.1 Å². The van der Waals surface area contributed by atoms with Crippen molar-refractivity contribution < 1.29 is 67.0 Å². The summed E-state index contributed by atoms with van der Waals surface area (Å²) in [5, 5.41) is 14.8. The Hall–Kier alpha value is -6.06. The number of carbonyl (C=O) groups excluding carboxylic acids is 6. The number of amides is 1. The van der Waals surface area contributed by atoms with Crippen LogP contribution in [0.1, 0.15) is 102 Å². The molecule has 7 rings (SSSR count). The average Bonchev–Trinajstić information content (AvgIpc) is 3.27. The Morgan fingerprint density at radius 2 is 1.53 bits per heavy atom. The van der Waals surface area contributed by atoms with Gasteiger partial charge in [-0.3, -0.25) is 9.59 Å². The van der Waals surface area contributed by atoms with E-state index in [0.717, 1.165) is 0 Å². The quantitative estimate of drug-likeness (QED) is 0.109. The van der Waals surface area contributed by atoms with Gasteiger partial charge in [0.15, 0.2) is 5.60 Å². The molecule has 352 valence electrons. The number of ketones is 1. The summed E-state index contributed by atoms with van der Waals surface area (Å²) in [6, 6.07) is 24.2. The second kappa shape index (κ2) is 18.7. The van der Waals surface area contributed by atoms with Crippen molar-refractivity contribution in [3.63, 3.8) is 0 Å². The Kier molecular flexibility index (Phi) is 13.5. The van der Waals surface area contributed by atoms with E-state index in [4.69, 9.17) is 33.2 Å². The lowest BCUT2D eigenvalue weighted by Gasteiger charge is -2.66. The normalized spacial score (nSPS) is 30.0. The van der Waals surface area contributed by atoms with E-state index in [1.54, 1.807) is 133 Å². The number of Topliss-reactive ketones (excluding diaryl/α,β-unsaturated/α-hetero) is 1. The Bertz CT molecular complexity index is 2350. The van der Waals surface area contributed by atoms with E-state index in [2.05, 4.69) is 5.32 Å². The van der Waals surface area contributed by atoms with E-state index in [1.165, 1.54) is 6.92 Å². The number of hydrogen-bond acceptors (Lipinski definition) is 14. The topological polar surface area (TPSA) is 199 Å². The Labute approximate surface area is 384 Å². The Morgan fingerprint density at radius 3 is 2.12 bits per heavy atom. The summed E-state index contributed by atoms with van der Waals surface area (Å²) in [7, 11) is 0. The summed E-state index contributed by atoms with van der Waals surface area (Å²) in [5.41, 5.74) is -2.84. The van der Waals surface area contributed by atoms with Crippen molar-refractivity contribution in [1.29, 1.82) is 0 Å². The molecular weight excluding hydrogens is 851 g/mol. The lowest BCUT2D eigenvalue weighted by molar-refractivity contribution is -0.336. The number of rotatable bonds is 11. The SMILES string of the molecule is CC(=O)OC12COC1CC(O)C1(C)C(=O)C(C)C3=C(C)C(OC(=O)C(OC(=O)OCc4ccccc4)C(NC(=O)OC(C)(C)C)c4ccccc4)CC(C)(C3)C(OC(=O)c3ccccc3)C21. The molecule has 3 aliphatic carbocycles. The highest BCUT2D eigenvalue weighted by Crippen LogP contribution is 2.63. The average molecular weight is 910 g/mol. The fraction of sp³-hybridized carbons (Fsp3) is 0.490. The number of alkyl carbamates (subject to hydrolysis) is 1. The molecule has 0 radical (unpaired) electrons. The van der Waals surface area contributed by atoms with Crippen LogP contribution in [-0.4, -0.2) is 89.4 Å². The number of fused-ring (bicyclic) bond motifs is 5. The summed E-state index contributed by atoms with van der Waals surface area (Å²) in [6.45, 7) is 12.9. The molecule has 2 N–H and O–H groups in total. The lowest BCUT2D eigenvalue weighted by atomic mass is 9.46. The minimum Gasteiger partial charge on any atom is -0.458 e. The third kappa shape index (κ3) is 9.46. The van der Waals surface area contributed by atoms with Crippen LogP contribution in [0, 0.1) is 22.7 Å². The number of aliphatic hydroxyl groups is 1. The predicted octanol–water partition coefficient (Wildman–Crippen LogP) is 7.54. The third-order valence-corrected chi connectivity index (χ3v) is 13.7. The van der Waals surface area contributed by atoms with Gasteiger partial charge in [-0.1, -0.05) is 98.3 Å². The maximum atomic E-state index is 15.2. The van der Waals surface area contributed by atoms with Gasteiger partial charge < -0.3 is 43.6 Å². The minimum absolute atomic E-state index is 0.00720. The van der Waals surface area contributed by atoms with Gasteiger partial charge >= 0.3 is 30.2 Å². The highest BCUT2D eigenvalue weighted by Gasteiger charge is 2.75. The highest BCUT2D eigenvalue weighted by molar-refractivity contribution is 5.92. The minimum atomic E-state index is -1.86. The van der Waals surface area contributed by atoms with Crippen LogP contribution >= 0.6 is 0 Å². The van der Waals surface area contributed by atoms with E-state index in [0.29, 0.717) is 22.3 Å². The van der Waals surface area contributed by atoms with Crippen LogP contribution < -0.4 is 5.32 Å². The molecule has 1 heterocycles. The van der Waals surface area contributed by atoms with Crippen molar-refractivity contribution in [2.24, 2.45) is 22.7 Å². The molecule has 15 heteroatoms. The fourth-order valence-corrected chi connectivity index (χ4v) is 10.4. The second-order valence-electron chi connectivity index (χ2n) is 19.4. The molecule has 11 unspecified atom stereocenters. The molecule has 3 aromatic carbocycles. The van der Waals surface area contributed by atoms with Crippen molar-refractivity contribution in [1.82, 2.24) is 5.32 Å². The molecule has 1 aliphatic heterocycles. The summed E-state index contributed by atoms with van der Waals surface area (Å²) in [5.74, 6) is -4.80. The first-order chi connectivity index (χ1) is 31.2. The predicted molar refractivity (Wildman–Crippen MR) is 236 cm³/mol. The molecule has 3 aromatic rings. The summed E-state index contributed by atoms with van der Waals surface area (Å²) >= 11 is 0. The standard InChI is InChI=1S/C51H59NO14/c1-29-35-25-49(7,43(64-44(56)34-22-16-11-17-23-34)41-50(8,42(55)30(35)2)37(54)24-38-51(41,28-61-38)65-31(3)53)26-36(29)62-45(57)40(63-47(59)60-27-32-18-12-9-13-19-32)39(33-20-14-10-15-21-33)52-46(58)66-48(4,5)6/h9-23,30,36-41,43,54H,24-28H2,1-8H3,(H,52,58). The van der Waals surface area contributed by atoms with Crippen LogP contribution in [0.25, 0.3) is 0 Å². The van der Waals surface area contributed by atoms with E-state index >= 15 is 4.79 Å². The zero-order valence-electron chi connectivity index (χ0n) is 38.6. The molecule has 1 amide bonds. The first-order valence-electron chi connectivity index (χ1n) is 22.3. The van der Waals surface area contributed by atoms with Crippen LogP contribution in [0.4, 0.5) is 9.59 Å². The number of allylic oxidation sites excluding steroid dienone is 1. The molecule has 2 bridgehead atoms. The van der Waals surface area contributed by atoms with Gasteiger partial charge in [-0.2, -0.15) is 0 Å². The van der Waals surface area contributed by atoms with Gasteiger partial charge in [-0.15, -0.1) is 0 Å². The van der Waals surface area contributed by atoms with Gasteiger partial charge in [0.05, 0.1) is 29.6 Å². The summed E-state index contributed by atoms with van der Waals surface area (Å²) < 4.78 is 42.0. The summed E-state index contributed by atoms with van der Waals surface area (Å²) in [4.78, 5) is 84.5. The Morgan fingerprint density at radius 1 is 0.909 bits per heavy atom. The van der Waals surface area contributed by atoms with Gasteiger partial charge in [0.25, 0.3) is 0 Å². The van der Waals surface area contributed by atoms with Crippen molar-refractivity contribution in [3.8, 4) is 0 Å². The van der Waals surface area contributed by atoms with Crippen LogP contribution in [0.2, 0.25) is 0 Å². The van der Waals surface area contributed by atoms with Gasteiger partial charge in [0, 0.05) is 24.7 Å².